The summed E-state index contributed by atoms with van der Waals surface area (Å²) in [5.41, 5.74) is 0.811. The molecule has 1 aromatic carbocycles. The van der Waals surface area contributed by atoms with Crippen molar-refractivity contribution in [3.8, 4) is 11.5 Å². The third kappa shape index (κ3) is 3.95. The first kappa shape index (κ1) is 14.8. The molecule has 1 heterocycles. The zero-order valence-corrected chi connectivity index (χ0v) is 12.0. The fourth-order valence-electron chi connectivity index (χ4n) is 1.89. The van der Waals surface area contributed by atoms with Gasteiger partial charge >= 0.3 is 5.97 Å². The van der Waals surface area contributed by atoms with Gasteiger partial charge in [-0.3, -0.25) is 9.78 Å². The first-order valence-corrected chi connectivity index (χ1v) is 6.49. The quantitative estimate of drug-likeness (QED) is 0.764. The molecule has 5 heteroatoms. The predicted molar refractivity (Wildman–Crippen MR) is 77.5 cm³/mol. The molecule has 0 aliphatic carbocycles. The van der Waals surface area contributed by atoms with Crippen molar-refractivity contribution in [1.82, 2.24) is 4.98 Å². The maximum Gasteiger partial charge on any atom is 0.316 e. The first-order valence-electron chi connectivity index (χ1n) is 6.49. The average molecular weight is 287 g/mol. The lowest BCUT2D eigenvalue weighted by Crippen LogP contribution is -2.21. The van der Waals surface area contributed by atoms with Crippen molar-refractivity contribution < 1.29 is 19.0 Å². The monoisotopic (exact) mass is 287 g/mol. The fraction of sp³-hybridized carbons (Fsp3) is 0.250. The zero-order chi connectivity index (χ0) is 15.1. The molecule has 21 heavy (non-hydrogen) atoms. The molecule has 0 N–H and O–H groups in total. The van der Waals surface area contributed by atoms with E-state index in [-0.39, 0.29) is 12.6 Å². The topological polar surface area (TPSA) is 57.7 Å². The molecule has 0 aliphatic heterocycles. The molecule has 0 saturated heterocycles. The lowest BCUT2D eigenvalue weighted by Gasteiger charge is -2.16. The highest BCUT2D eigenvalue weighted by Crippen LogP contribution is 2.21. The molecular weight excluding hydrogens is 270 g/mol. The fourth-order valence-corrected chi connectivity index (χ4v) is 1.89. The summed E-state index contributed by atoms with van der Waals surface area (Å²) in [5.74, 6) is 0.592. The number of ether oxygens (including phenoxy) is 3. The Morgan fingerprint density at radius 1 is 1.05 bits per heavy atom. The van der Waals surface area contributed by atoms with Crippen molar-refractivity contribution in [2.45, 2.75) is 5.92 Å². The highest BCUT2D eigenvalue weighted by atomic mass is 16.5. The molecule has 0 amide bonds. The van der Waals surface area contributed by atoms with E-state index in [2.05, 4.69) is 4.98 Å². The third-order valence-electron chi connectivity index (χ3n) is 3.07. The Hall–Kier alpha value is -2.56. The predicted octanol–water partition coefficient (Wildman–Crippen LogP) is 2.43. The van der Waals surface area contributed by atoms with Crippen LogP contribution in [0.25, 0.3) is 0 Å². The van der Waals surface area contributed by atoms with Gasteiger partial charge in [0.15, 0.2) is 0 Å². The van der Waals surface area contributed by atoms with Crippen LogP contribution in [-0.4, -0.2) is 31.8 Å². The standard InChI is InChI=1S/C16H17NO4/c1-19-13-3-5-14(6-4-13)21-11-15(16(18)20-2)12-7-9-17-10-8-12/h3-10,15H,11H2,1-2H3. The van der Waals surface area contributed by atoms with E-state index in [9.17, 15) is 4.79 Å². The van der Waals surface area contributed by atoms with Gasteiger partial charge in [-0.2, -0.15) is 0 Å². The third-order valence-corrected chi connectivity index (χ3v) is 3.07. The van der Waals surface area contributed by atoms with Crippen LogP contribution in [0.1, 0.15) is 11.5 Å². The maximum atomic E-state index is 11.9. The van der Waals surface area contributed by atoms with Gasteiger partial charge in [0.2, 0.25) is 0 Å². The van der Waals surface area contributed by atoms with Crippen molar-refractivity contribution >= 4 is 5.97 Å². The van der Waals surface area contributed by atoms with Crippen LogP contribution in [0.5, 0.6) is 11.5 Å². The number of aromatic nitrogens is 1. The molecule has 0 radical (unpaired) electrons. The largest absolute Gasteiger partial charge is 0.497 e. The van der Waals surface area contributed by atoms with E-state index in [0.717, 1.165) is 11.3 Å². The van der Waals surface area contributed by atoms with Crippen molar-refractivity contribution in [2.75, 3.05) is 20.8 Å². The summed E-state index contributed by atoms with van der Waals surface area (Å²) in [5, 5.41) is 0. The minimum atomic E-state index is -0.486. The molecule has 5 nitrogen and oxygen atoms in total. The van der Waals surface area contributed by atoms with E-state index in [1.54, 1.807) is 55.9 Å². The Balaban J connectivity index is 2.07. The van der Waals surface area contributed by atoms with Crippen LogP contribution in [0.4, 0.5) is 0 Å². The minimum absolute atomic E-state index is 0.197. The van der Waals surface area contributed by atoms with Crippen LogP contribution < -0.4 is 9.47 Å². The van der Waals surface area contributed by atoms with E-state index in [4.69, 9.17) is 14.2 Å². The molecule has 110 valence electrons. The summed E-state index contributed by atoms with van der Waals surface area (Å²) in [4.78, 5) is 15.8. The molecule has 1 unspecified atom stereocenters. The van der Waals surface area contributed by atoms with E-state index in [1.165, 1.54) is 7.11 Å². The van der Waals surface area contributed by atoms with Crippen LogP contribution in [0.15, 0.2) is 48.8 Å². The summed E-state index contributed by atoms with van der Waals surface area (Å²) in [6.07, 6.45) is 3.28. The molecule has 1 atom stereocenters. The molecule has 2 aromatic rings. The lowest BCUT2D eigenvalue weighted by atomic mass is 10.0. The Morgan fingerprint density at radius 3 is 2.24 bits per heavy atom. The van der Waals surface area contributed by atoms with Crippen LogP contribution in [0.3, 0.4) is 0 Å². The van der Waals surface area contributed by atoms with Crippen LogP contribution in [0.2, 0.25) is 0 Å². The number of carbonyl (C=O) groups is 1. The molecule has 0 saturated carbocycles. The minimum Gasteiger partial charge on any atom is -0.497 e. The SMILES string of the molecule is COC(=O)C(COc1ccc(OC)cc1)c1ccncc1. The number of nitrogens with zero attached hydrogens (tertiary/aromatic N) is 1. The molecule has 0 aliphatic rings. The number of esters is 1. The van der Waals surface area contributed by atoms with Crippen LogP contribution >= 0.6 is 0 Å². The summed E-state index contributed by atoms with van der Waals surface area (Å²) in [7, 11) is 2.97. The summed E-state index contributed by atoms with van der Waals surface area (Å²) in [6.45, 7) is 0.197. The molecule has 2 rings (SSSR count). The van der Waals surface area contributed by atoms with E-state index >= 15 is 0 Å². The number of hydrogen-bond acceptors (Lipinski definition) is 5. The smallest absolute Gasteiger partial charge is 0.316 e. The Morgan fingerprint density at radius 2 is 1.67 bits per heavy atom. The molecule has 0 fully saturated rings. The second kappa shape index (κ2) is 7.28. The number of pyridine rings is 1. The molecular formula is C16H17NO4. The number of hydrogen-bond donors (Lipinski definition) is 0. The Kier molecular flexibility index (Phi) is 5.15. The van der Waals surface area contributed by atoms with Gasteiger partial charge in [0.1, 0.15) is 24.0 Å². The van der Waals surface area contributed by atoms with Crippen molar-refractivity contribution in [2.24, 2.45) is 0 Å². The lowest BCUT2D eigenvalue weighted by molar-refractivity contribution is -0.143. The van der Waals surface area contributed by atoms with Gasteiger partial charge in [0.25, 0.3) is 0 Å². The van der Waals surface area contributed by atoms with E-state index in [1.807, 2.05) is 0 Å². The second-order valence-electron chi connectivity index (χ2n) is 4.34. The summed E-state index contributed by atoms with van der Waals surface area (Å²) < 4.78 is 15.6. The second-order valence-corrected chi connectivity index (χ2v) is 4.34. The molecule has 0 bridgehead atoms. The maximum absolute atomic E-state index is 11.9. The average Bonchev–Trinajstić information content (AvgIpc) is 2.56. The van der Waals surface area contributed by atoms with E-state index < -0.39 is 5.92 Å². The van der Waals surface area contributed by atoms with Crippen molar-refractivity contribution in [1.29, 1.82) is 0 Å². The normalized spacial score (nSPS) is 11.5. The Labute approximate surface area is 123 Å². The van der Waals surface area contributed by atoms with Gasteiger partial charge in [-0.05, 0) is 42.0 Å². The van der Waals surface area contributed by atoms with Gasteiger partial charge in [-0.15, -0.1) is 0 Å². The number of methoxy groups -OCH3 is 2. The summed E-state index contributed by atoms with van der Waals surface area (Å²) >= 11 is 0. The van der Waals surface area contributed by atoms with Gasteiger partial charge < -0.3 is 14.2 Å². The van der Waals surface area contributed by atoms with E-state index in [0.29, 0.717) is 5.75 Å². The van der Waals surface area contributed by atoms with Gasteiger partial charge in [-0.25, -0.2) is 0 Å². The van der Waals surface area contributed by atoms with Gasteiger partial charge in [0.05, 0.1) is 14.2 Å². The zero-order valence-electron chi connectivity index (χ0n) is 12.0. The van der Waals surface area contributed by atoms with Gasteiger partial charge in [0, 0.05) is 12.4 Å². The number of benzene rings is 1. The van der Waals surface area contributed by atoms with Crippen molar-refractivity contribution in [3.05, 3.63) is 54.4 Å². The van der Waals surface area contributed by atoms with Crippen LogP contribution in [-0.2, 0) is 9.53 Å². The first-order chi connectivity index (χ1) is 10.2. The van der Waals surface area contributed by atoms with Gasteiger partial charge in [-0.1, -0.05) is 0 Å². The molecule has 1 aromatic heterocycles. The molecule has 0 spiro atoms. The number of rotatable bonds is 6. The van der Waals surface area contributed by atoms with Crippen LogP contribution in [0, 0.1) is 0 Å². The summed E-state index contributed by atoms with van der Waals surface area (Å²) in [6, 6.07) is 10.7. The Bertz CT molecular complexity index is 569. The van der Waals surface area contributed by atoms with Crippen molar-refractivity contribution in [3.63, 3.8) is 0 Å². The number of carbonyl (C=O) groups excluding carboxylic acids is 1. The highest BCUT2D eigenvalue weighted by Gasteiger charge is 2.22. The highest BCUT2D eigenvalue weighted by molar-refractivity contribution is 5.78.